The third-order valence-corrected chi connectivity index (χ3v) is 4.67. The van der Waals surface area contributed by atoms with Gasteiger partial charge in [-0.3, -0.25) is 0 Å². The highest BCUT2D eigenvalue weighted by molar-refractivity contribution is 7.91. The van der Waals surface area contributed by atoms with Crippen LogP contribution >= 0.6 is 0 Å². The van der Waals surface area contributed by atoms with Crippen molar-refractivity contribution in [1.29, 1.82) is 0 Å². The Hall–Kier alpha value is -1.52. The van der Waals surface area contributed by atoms with Gasteiger partial charge in [0.25, 0.3) is 0 Å². The number of halogens is 1. The molecule has 0 aliphatic rings. The Morgan fingerprint density at radius 3 is 2.35 bits per heavy atom. The summed E-state index contributed by atoms with van der Waals surface area (Å²) in [6.45, 7) is -0.401. The number of benzene rings is 1. The van der Waals surface area contributed by atoms with E-state index in [1.807, 2.05) is 4.72 Å². The Morgan fingerprint density at radius 1 is 1.30 bits per heavy atom. The maximum Gasteiger partial charge on any atom is 0.335 e. The van der Waals surface area contributed by atoms with Crippen molar-refractivity contribution in [3.63, 3.8) is 0 Å². The van der Waals surface area contributed by atoms with Crippen molar-refractivity contribution in [3.8, 4) is 0 Å². The summed E-state index contributed by atoms with van der Waals surface area (Å²) < 4.78 is 60.7. The minimum atomic E-state index is -4.24. The van der Waals surface area contributed by atoms with Crippen molar-refractivity contribution in [1.82, 2.24) is 4.72 Å². The first-order chi connectivity index (χ1) is 9.03. The first-order valence-corrected chi connectivity index (χ1v) is 8.77. The maximum absolute atomic E-state index is 13.6. The fourth-order valence-electron chi connectivity index (χ4n) is 1.29. The lowest BCUT2D eigenvalue weighted by Gasteiger charge is -2.07. The number of carbonyl (C=O) groups is 1. The van der Waals surface area contributed by atoms with E-state index in [1.165, 1.54) is 0 Å². The van der Waals surface area contributed by atoms with Crippen LogP contribution in [-0.2, 0) is 19.9 Å². The summed E-state index contributed by atoms with van der Waals surface area (Å²) in [6, 6.07) is 2.32. The average molecular weight is 325 g/mol. The fourth-order valence-corrected chi connectivity index (χ4v) is 2.98. The summed E-state index contributed by atoms with van der Waals surface area (Å²) in [4.78, 5) is 9.86. The van der Waals surface area contributed by atoms with E-state index >= 15 is 0 Å². The predicted molar refractivity (Wildman–Crippen MR) is 68.3 cm³/mol. The van der Waals surface area contributed by atoms with E-state index in [0.29, 0.717) is 6.07 Å². The molecule has 0 saturated carbocycles. The molecule has 20 heavy (non-hydrogen) atoms. The molecule has 0 unspecified atom stereocenters. The Labute approximate surface area is 115 Å². The first-order valence-electron chi connectivity index (χ1n) is 5.23. The molecule has 0 heterocycles. The second kappa shape index (κ2) is 5.85. The number of hydrogen-bond donors (Lipinski definition) is 2. The summed E-state index contributed by atoms with van der Waals surface area (Å²) >= 11 is 0. The normalized spacial score (nSPS) is 12.3. The molecule has 0 atom stereocenters. The highest BCUT2D eigenvalue weighted by atomic mass is 32.2. The zero-order chi connectivity index (χ0) is 15.6. The minimum absolute atomic E-state index is 0.391. The van der Waals surface area contributed by atoms with Crippen molar-refractivity contribution in [2.45, 2.75) is 4.90 Å². The number of sulfonamides is 1. The van der Waals surface area contributed by atoms with Gasteiger partial charge < -0.3 is 5.11 Å². The predicted octanol–water partition coefficient (Wildman–Crippen LogP) is -0.153. The summed E-state index contributed by atoms with van der Waals surface area (Å²) in [6.07, 6.45) is 0.934. The largest absolute Gasteiger partial charge is 0.478 e. The third-order valence-electron chi connectivity index (χ3n) is 2.23. The number of nitrogens with one attached hydrogen (secondary N) is 1. The van der Waals surface area contributed by atoms with E-state index in [0.717, 1.165) is 18.4 Å². The molecule has 1 aromatic rings. The second-order valence-electron chi connectivity index (χ2n) is 3.98. The summed E-state index contributed by atoms with van der Waals surface area (Å²) in [5.74, 6) is -3.05. The zero-order valence-electron chi connectivity index (χ0n) is 10.3. The lowest BCUT2D eigenvalue weighted by atomic mass is 10.2. The van der Waals surface area contributed by atoms with Gasteiger partial charge in [-0.15, -0.1) is 0 Å². The van der Waals surface area contributed by atoms with Crippen LogP contribution in [0.25, 0.3) is 0 Å². The average Bonchev–Trinajstić information content (AvgIpc) is 2.26. The van der Waals surface area contributed by atoms with E-state index in [-0.39, 0.29) is 0 Å². The van der Waals surface area contributed by atoms with Crippen LogP contribution < -0.4 is 4.72 Å². The molecule has 0 aromatic heterocycles. The molecule has 1 aromatic carbocycles. The molecular weight excluding hydrogens is 313 g/mol. The molecule has 10 heteroatoms. The minimum Gasteiger partial charge on any atom is -0.478 e. The Bertz CT molecular complexity index is 726. The number of carboxylic acid groups (broad SMARTS) is 1. The van der Waals surface area contributed by atoms with Crippen molar-refractivity contribution >= 4 is 25.8 Å². The standard InChI is InChI=1S/C10H12FNO6S2/c1-19(15,16)5-4-12-20(17,18)9-3-2-7(10(13)14)6-8(9)11/h2-3,6,12H,4-5H2,1H3,(H,13,14). The van der Waals surface area contributed by atoms with Gasteiger partial charge in [0.05, 0.1) is 11.3 Å². The first kappa shape index (κ1) is 16.5. The Kier molecular flexibility index (Phi) is 4.84. The smallest absolute Gasteiger partial charge is 0.335 e. The van der Waals surface area contributed by atoms with Crippen molar-refractivity contribution in [3.05, 3.63) is 29.6 Å². The molecule has 0 fully saturated rings. The van der Waals surface area contributed by atoms with E-state index in [4.69, 9.17) is 5.11 Å². The summed E-state index contributed by atoms with van der Waals surface area (Å²) in [7, 11) is -7.59. The molecule has 0 saturated heterocycles. The monoisotopic (exact) mass is 325 g/mol. The number of hydrogen-bond acceptors (Lipinski definition) is 5. The molecule has 112 valence electrons. The van der Waals surface area contributed by atoms with Crippen molar-refractivity contribution in [2.75, 3.05) is 18.6 Å². The molecule has 2 N–H and O–H groups in total. The molecule has 0 spiro atoms. The van der Waals surface area contributed by atoms with E-state index in [9.17, 15) is 26.0 Å². The van der Waals surface area contributed by atoms with Gasteiger partial charge >= 0.3 is 5.97 Å². The van der Waals surface area contributed by atoms with Crippen LogP contribution in [0.3, 0.4) is 0 Å². The van der Waals surface area contributed by atoms with Gasteiger partial charge in [0.1, 0.15) is 20.5 Å². The number of aromatic carboxylic acids is 1. The van der Waals surface area contributed by atoms with Gasteiger partial charge in [0.2, 0.25) is 10.0 Å². The van der Waals surface area contributed by atoms with Gasteiger partial charge in [0.15, 0.2) is 0 Å². The van der Waals surface area contributed by atoms with Crippen LogP contribution in [0.15, 0.2) is 23.1 Å². The Morgan fingerprint density at radius 2 is 1.90 bits per heavy atom. The number of carboxylic acids is 1. The topological polar surface area (TPSA) is 118 Å². The molecule has 0 bridgehead atoms. The molecule has 0 aliphatic carbocycles. The third kappa shape index (κ3) is 4.54. The quantitative estimate of drug-likeness (QED) is 0.751. The molecule has 7 nitrogen and oxygen atoms in total. The highest BCUT2D eigenvalue weighted by Crippen LogP contribution is 2.16. The summed E-state index contributed by atoms with van der Waals surface area (Å²) in [5.41, 5.74) is -0.391. The number of sulfone groups is 1. The summed E-state index contributed by atoms with van der Waals surface area (Å²) in [5, 5.41) is 8.64. The Balaban J connectivity index is 2.96. The number of rotatable bonds is 6. The fraction of sp³-hybridized carbons (Fsp3) is 0.300. The van der Waals surface area contributed by atoms with Crippen molar-refractivity contribution in [2.24, 2.45) is 0 Å². The van der Waals surface area contributed by atoms with Gasteiger partial charge in [0, 0.05) is 12.8 Å². The van der Waals surface area contributed by atoms with Crippen molar-refractivity contribution < 1.29 is 31.1 Å². The van der Waals surface area contributed by atoms with Gasteiger partial charge in [-0.1, -0.05) is 0 Å². The van der Waals surface area contributed by atoms with Gasteiger partial charge in [-0.05, 0) is 18.2 Å². The molecule has 0 amide bonds. The van der Waals surface area contributed by atoms with Gasteiger partial charge in [-0.2, -0.15) is 0 Å². The maximum atomic E-state index is 13.6. The van der Waals surface area contributed by atoms with E-state index < -0.39 is 54.4 Å². The van der Waals surface area contributed by atoms with Crippen LogP contribution in [0, 0.1) is 5.82 Å². The van der Waals surface area contributed by atoms with E-state index in [1.54, 1.807) is 0 Å². The SMILES string of the molecule is CS(=O)(=O)CCNS(=O)(=O)c1ccc(C(=O)O)cc1F. The second-order valence-corrected chi connectivity index (χ2v) is 7.97. The van der Waals surface area contributed by atoms with Crippen LogP contribution in [0.5, 0.6) is 0 Å². The van der Waals surface area contributed by atoms with Crippen LogP contribution in [-0.4, -0.2) is 46.5 Å². The molecular formula is C10H12FNO6S2. The van der Waals surface area contributed by atoms with Gasteiger partial charge in [-0.25, -0.2) is 30.7 Å². The lowest BCUT2D eigenvalue weighted by molar-refractivity contribution is 0.0696. The highest BCUT2D eigenvalue weighted by Gasteiger charge is 2.20. The van der Waals surface area contributed by atoms with E-state index in [2.05, 4.69) is 0 Å². The lowest BCUT2D eigenvalue weighted by Crippen LogP contribution is -2.29. The van der Waals surface area contributed by atoms with Crippen LogP contribution in [0.2, 0.25) is 0 Å². The molecule has 1 rings (SSSR count). The zero-order valence-corrected chi connectivity index (χ0v) is 12.0. The van der Waals surface area contributed by atoms with Crippen LogP contribution in [0.1, 0.15) is 10.4 Å². The molecule has 0 aliphatic heterocycles. The molecule has 0 radical (unpaired) electrons. The van der Waals surface area contributed by atoms with Crippen LogP contribution in [0.4, 0.5) is 4.39 Å².